The number of rotatable bonds is 6. The molecule has 0 radical (unpaired) electrons. The van der Waals surface area contributed by atoms with Gasteiger partial charge in [-0.3, -0.25) is 0 Å². The largest absolute Gasteiger partial charge is 0.395 e. The summed E-state index contributed by atoms with van der Waals surface area (Å²) in [6.45, 7) is 5.09. The van der Waals surface area contributed by atoms with E-state index in [1.54, 1.807) is 7.05 Å². The fraction of sp³-hybridized carbons (Fsp3) is 1.00. The first-order valence-corrected chi connectivity index (χ1v) is 6.45. The van der Waals surface area contributed by atoms with E-state index >= 15 is 0 Å². The molecule has 5 heteroatoms. The average molecular weight is 223 g/mol. The SMILES string of the molecule is CCCC(C)N(C)S(=O)(=O)C(C)CO. The van der Waals surface area contributed by atoms with Gasteiger partial charge in [0.2, 0.25) is 10.0 Å². The fourth-order valence-electron chi connectivity index (χ4n) is 1.23. The number of hydrogen-bond acceptors (Lipinski definition) is 3. The highest BCUT2D eigenvalue weighted by molar-refractivity contribution is 7.89. The van der Waals surface area contributed by atoms with Crippen molar-refractivity contribution in [2.75, 3.05) is 13.7 Å². The van der Waals surface area contributed by atoms with Crippen LogP contribution in [-0.4, -0.2) is 42.8 Å². The standard InChI is InChI=1S/C9H21NO3S/c1-5-6-8(2)10(4)14(12,13)9(3)7-11/h8-9,11H,5-7H2,1-4H3. The molecule has 0 heterocycles. The summed E-state index contributed by atoms with van der Waals surface area (Å²) in [5, 5.41) is 8.11. The van der Waals surface area contributed by atoms with Crippen molar-refractivity contribution in [2.24, 2.45) is 0 Å². The smallest absolute Gasteiger partial charge is 0.218 e. The van der Waals surface area contributed by atoms with Gasteiger partial charge in [0.1, 0.15) is 0 Å². The highest BCUT2D eigenvalue weighted by atomic mass is 32.2. The van der Waals surface area contributed by atoms with Gasteiger partial charge in [-0.1, -0.05) is 13.3 Å². The van der Waals surface area contributed by atoms with Crippen LogP contribution in [0.2, 0.25) is 0 Å². The van der Waals surface area contributed by atoms with Gasteiger partial charge in [0.15, 0.2) is 0 Å². The molecule has 1 N–H and O–H groups in total. The predicted molar refractivity (Wildman–Crippen MR) is 57.6 cm³/mol. The van der Waals surface area contributed by atoms with Crippen molar-refractivity contribution in [1.82, 2.24) is 4.31 Å². The summed E-state index contributed by atoms with van der Waals surface area (Å²) in [4.78, 5) is 0. The Bertz CT molecular complexity index is 251. The van der Waals surface area contributed by atoms with Crippen molar-refractivity contribution in [2.45, 2.75) is 44.9 Å². The third-order valence-corrected chi connectivity index (χ3v) is 4.82. The Kier molecular flexibility index (Phi) is 5.63. The molecular weight excluding hydrogens is 202 g/mol. The lowest BCUT2D eigenvalue weighted by atomic mass is 10.2. The summed E-state index contributed by atoms with van der Waals surface area (Å²) in [5.41, 5.74) is 0. The van der Waals surface area contributed by atoms with Crippen LogP contribution in [0.5, 0.6) is 0 Å². The number of sulfonamides is 1. The maximum absolute atomic E-state index is 11.7. The summed E-state index contributed by atoms with van der Waals surface area (Å²) in [6.07, 6.45) is 1.79. The van der Waals surface area contributed by atoms with Crippen molar-refractivity contribution in [3.8, 4) is 0 Å². The van der Waals surface area contributed by atoms with Gasteiger partial charge in [-0.2, -0.15) is 0 Å². The normalized spacial score (nSPS) is 17.0. The lowest BCUT2D eigenvalue weighted by Gasteiger charge is -2.26. The number of hydrogen-bond donors (Lipinski definition) is 1. The molecule has 14 heavy (non-hydrogen) atoms. The molecule has 0 rings (SSSR count). The predicted octanol–water partition coefficient (Wildman–Crippen LogP) is 0.817. The van der Waals surface area contributed by atoms with Crippen LogP contribution in [0, 0.1) is 0 Å². The molecule has 86 valence electrons. The van der Waals surface area contributed by atoms with Gasteiger partial charge in [0.25, 0.3) is 0 Å². The molecule has 2 atom stereocenters. The van der Waals surface area contributed by atoms with Gasteiger partial charge in [-0.05, 0) is 20.3 Å². The van der Waals surface area contributed by atoms with Gasteiger partial charge in [0.05, 0.1) is 11.9 Å². The molecule has 0 amide bonds. The zero-order chi connectivity index (χ0) is 11.4. The Morgan fingerprint density at radius 2 is 1.86 bits per heavy atom. The van der Waals surface area contributed by atoms with E-state index in [9.17, 15) is 8.42 Å². The van der Waals surface area contributed by atoms with Gasteiger partial charge >= 0.3 is 0 Å². The zero-order valence-corrected chi connectivity index (χ0v) is 10.2. The molecule has 0 aromatic carbocycles. The molecule has 0 saturated carbocycles. The Morgan fingerprint density at radius 1 is 1.36 bits per heavy atom. The molecule has 0 saturated heterocycles. The minimum absolute atomic E-state index is 0.000926. The van der Waals surface area contributed by atoms with E-state index in [0.29, 0.717) is 0 Å². The van der Waals surface area contributed by atoms with Crippen LogP contribution in [0.25, 0.3) is 0 Å². The molecule has 0 aromatic heterocycles. The third-order valence-electron chi connectivity index (χ3n) is 2.49. The monoisotopic (exact) mass is 223 g/mol. The van der Waals surface area contributed by atoms with Crippen molar-refractivity contribution < 1.29 is 13.5 Å². The lowest BCUT2D eigenvalue weighted by molar-refractivity contribution is 0.285. The van der Waals surface area contributed by atoms with E-state index in [1.165, 1.54) is 11.2 Å². The topological polar surface area (TPSA) is 57.6 Å². The van der Waals surface area contributed by atoms with Crippen molar-refractivity contribution in [3.05, 3.63) is 0 Å². The summed E-state index contributed by atoms with van der Waals surface area (Å²) in [6, 6.07) is -0.000926. The molecule has 0 aliphatic carbocycles. The van der Waals surface area contributed by atoms with E-state index < -0.39 is 15.3 Å². The van der Waals surface area contributed by atoms with Crippen molar-refractivity contribution in [3.63, 3.8) is 0 Å². The first-order valence-electron chi connectivity index (χ1n) is 4.95. The molecule has 0 aromatic rings. The second-order valence-electron chi connectivity index (χ2n) is 3.69. The van der Waals surface area contributed by atoms with Crippen LogP contribution in [0.1, 0.15) is 33.6 Å². The van der Waals surface area contributed by atoms with E-state index in [4.69, 9.17) is 5.11 Å². The maximum Gasteiger partial charge on any atom is 0.218 e. The van der Waals surface area contributed by atoms with Crippen LogP contribution in [0.4, 0.5) is 0 Å². The first kappa shape index (κ1) is 13.9. The van der Waals surface area contributed by atoms with E-state index in [2.05, 4.69) is 0 Å². The second-order valence-corrected chi connectivity index (χ2v) is 6.10. The Hall–Kier alpha value is -0.130. The number of aliphatic hydroxyl groups excluding tert-OH is 1. The van der Waals surface area contributed by atoms with Crippen LogP contribution >= 0.6 is 0 Å². The van der Waals surface area contributed by atoms with Gasteiger partial charge in [0, 0.05) is 13.1 Å². The highest BCUT2D eigenvalue weighted by Gasteiger charge is 2.28. The number of nitrogens with zero attached hydrogens (tertiary/aromatic N) is 1. The van der Waals surface area contributed by atoms with E-state index in [-0.39, 0.29) is 12.6 Å². The average Bonchev–Trinajstić information content (AvgIpc) is 2.15. The number of aliphatic hydroxyl groups is 1. The van der Waals surface area contributed by atoms with E-state index in [0.717, 1.165) is 12.8 Å². The molecule has 0 fully saturated rings. The summed E-state index contributed by atoms with van der Waals surface area (Å²) in [7, 11) is -1.76. The minimum Gasteiger partial charge on any atom is -0.395 e. The molecule has 0 bridgehead atoms. The van der Waals surface area contributed by atoms with Gasteiger partial charge in [-0.25, -0.2) is 12.7 Å². The second kappa shape index (κ2) is 5.68. The maximum atomic E-state index is 11.7. The molecule has 0 aliphatic rings. The third kappa shape index (κ3) is 3.22. The Labute approximate surface area is 87.0 Å². The minimum atomic E-state index is -3.33. The van der Waals surface area contributed by atoms with Crippen LogP contribution in [0.3, 0.4) is 0 Å². The molecular formula is C9H21NO3S. The Morgan fingerprint density at radius 3 is 2.21 bits per heavy atom. The van der Waals surface area contributed by atoms with Crippen molar-refractivity contribution >= 4 is 10.0 Å². The molecule has 0 aliphatic heterocycles. The molecule has 2 unspecified atom stereocenters. The Balaban J connectivity index is 4.58. The van der Waals surface area contributed by atoms with Crippen LogP contribution in [-0.2, 0) is 10.0 Å². The first-order chi connectivity index (χ1) is 6.37. The molecule has 0 spiro atoms. The van der Waals surface area contributed by atoms with Crippen molar-refractivity contribution in [1.29, 1.82) is 0 Å². The van der Waals surface area contributed by atoms with Crippen LogP contribution < -0.4 is 0 Å². The summed E-state index contributed by atoms with van der Waals surface area (Å²) >= 11 is 0. The summed E-state index contributed by atoms with van der Waals surface area (Å²) in [5.74, 6) is 0. The lowest BCUT2D eigenvalue weighted by Crippen LogP contribution is -2.41. The highest BCUT2D eigenvalue weighted by Crippen LogP contribution is 2.13. The quantitative estimate of drug-likeness (QED) is 0.725. The van der Waals surface area contributed by atoms with Crippen LogP contribution in [0.15, 0.2) is 0 Å². The zero-order valence-electron chi connectivity index (χ0n) is 9.40. The van der Waals surface area contributed by atoms with Gasteiger partial charge < -0.3 is 5.11 Å². The summed E-state index contributed by atoms with van der Waals surface area (Å²) < 4.78 is 24.8. The van der Waals surface area contributed by atoms with Gasteiger partial charge in [-0.15, -0.1) is 0 Å². The fourth-order valence-corrected chi connectivity index (χ4v) is 2.59. The van der Waals surface area contributed by atoms with E-state index in [1.807, 2.05) is 13.8 Å². The molecule has 4 nitrogen and oxygen atoms in total.